The molecule has 1 aromatic rings. The molecule has 0 fully saturated rings. The second-order valence-electron chi connectivity index (χ2n) is 5.57. The quantitative estimate of drug-likeness (QED) is 0.697. The molecule has 0 aromatic heterocycles. The standard InChI is InChI=1S/C16H19BrClNO3/c1-2-13(18)12(17)7-10(8-15(20)21)16(22)9-19-14-6-4-3-5-11(14)16/h3-6,9-10,12-13,22H,2,7-8H2,1H3,(H,20,21). The number of aliphatic carboxylic acids is 1. The Bertz CT molecular complexity index is 580. The maximum absolute atomic E-state index is 11.2. The summed E-state index contributed by atoms with van der Waals surface area (Å²) in [6.07, 6.45) is 2.53. The summed E-state index contributed by atoms with van der Waals surface area (Å²) >= 11 is 9.76. The third kappa shape index (κ3) is 3.53. The van der Waals surface area contributed by atoms with Crippen LogP contribution in [0.25, 0.3) is 0 Å². The van der Waals surface area contributed by atoms with Crippen molar-refractivity contribution in [3.8, 4) is 0 Å². The lowest BCUT2D eigenvalue weighted by atomic mass is 9.78. The molecule has 2 rings (SSSR count). The van der Waals surface area contributed by atoms with Crippen LogP contribution in [0.4, 0.5) is 5.69 Å². The van der Waals surface area contributed by atoms with E-state index in [0.717, 1.165) is 6.42 Å². The van der Waals surface area contributed by atoms with Crippen LogP contribution >= 0.6 is 27.5 Å². The SMILES string of the molecule is CCC(Cl)C(Br)CC(CC(=O)O)C1(O)C=Nc2ccccc21. The number of carboxylic acid groups (broad SMARTS) is 1. The van der Waals surface area contributed by atoms with Crippen molar-refractivity contribution in [3.05, 3.63) is 29.8 Å². The summed E-state index contributed by atoms with van der Waals surface area (Å²) in [4.78, 5) is 15.4. The molecule has 1 aromatic carbocycles. The predicted molar refractivity (Wildman–Crippen MR) is 91.5 cm³/mol. The maximum atomic E-state index is 11.2. The fraction of sp³-hybridized carbons (Fsp3) is 0.500. The third-order valence-corrected chi connectivity index (χ3v) is 6.00. The Balaban J connectivity index is 2.30. The minimum absolute atomic E-state index is 0.0753. The Hall–Kier alpha value is -0.910. The Kier molecular flexibility index (Phi) is 5.64. The first-order valence-electron chi connectivity index (χ1n) is 7.25. The van der Waals surface area contributed by atoms with E-state index < -0.39 is 17.5 Å². The van der Waals surface area contributed by atoms with Crippen molar-refractivity contribution in [1.29, 1.82) is 0 Å². The van der Waals surface area contributed by atoms with Crippen molar-refractivity contribution in [1.82, 2.24) is 0 Å². The second-order valence-corrected chi connectivity index (χ2v) is 7.31. The molecule has 4 unspecified atom stereocenters. The summed E-state index contributed by atoms with van der Waals surface area (Å²) in [6, 6.07) is 7.26. The molecule has 1 heterocycles. The molecule has 0 amide bonds. The molecule has 0 aliphatic carbocycles. The van der Waals surface area contributed by atoms with Gasteiger partial charge < -0.3 is 10.2 Å². The van der Waals surface area contributed by atoms with E-state index in [1.165, 1.54) is 6.21 Å². The lowest BCUT2D eigenvalue weighted by Gasteiger charge is -2.32. The van der Waals surface area contributed by atoms with Gasteiger partial charge in [-0.05, 0) is 18.9 Å². The van der Waals surface area contributed by atoms with Crippen LogP contribution in [0.3, 0.4) is 0 Å². The van der Waals surface area contributed by atoms with Crippen molar-refractivity contribution in [3.63, 3.8) is 0 Å². The number of aliphatic imine (C=N–C) groups is 1. The van der Waals surface area contributed by atoms with Gasteiger partial charge >= 0.3 is 5.97 Å². The Morgan fingerprint density at radius 1 is 1.45 bits per heavy atom. The highest BCUT2D eigenvalue weighted by Crippen LogP contribution is 2.43. The molecular weight excluding hydrogens is 370 g/mol. The van der Waals surface area contributed by atoms with Crippen LogP contribution < -0.4 is 0 Å². The van der Waals surface area contributed by atoms with Gasteiger partial charge in [-0.1, -0.05) is 41.1 Å². The number of carbonyl (C=O) groups is 1. The Morgan fingerprint density at radius 3 is 2.77 bits per heavy atom. The Labute approximate surface area is 143 Å². The lowest BCUT2D eigenvalue weighted by Crippen LogP contribution is -2.38. The van der Waals surface area contributed by atoms with Gasteiger partial charge in [-0.15, -0.1) is 11.6 Å². The first-order valence-corrected chi connectivity index (χ1v) is 8.60. The van der Waals surface area contributed by atoms with Gasteiger partial charge in [0.05, 0.1) is 12.1 Å². The van der Waals surface area contributed by atoms with Gasteiger partial charge in [0.2, 0.25) is 0 Å². The van der Waals surface area contributed by atoms with Crippen LogP contribution in [0.5, 0.6) is 0 Å². The highest BCUT2D eigenvalue weighted by molar-refractivity contribution is 9.09. The van der Waals surface area contributed by atoms with Gasteiger partial charge in [0.25, 0.3) is 0 Å². The number of alkyl halides is 2. The highest BCUT2D eigenvalue weighted by atomic mass is 79.9. The van der Waals surface area contributed by atoms with Gasteiger partial charge in [0.15, 0.2) is 0 Å². The number of para-hydroxylation sites is 1. The molecule has 0 bridgehead atoms. The molecule has 1 aliphatic heterocycles. The molecule has 4 atom stereocenters. The molecule has 120 valence electrons. The number of fused-ring (bicyclic) bond motifs is 1. The molecule has 0 saturated heterocycles. The average molecular weight is 389 g/mol. The van der Waals surface area contributed by atoms with Gasteiger partial charge in [-0.2, -0.15) is 0 Å². The van der Waals surface area contributed by atoms with E-state index in [9.17, 15) is 15.0 Å². The van der Waals surface area contributed by atoms with Gasteiger partial charge in [-0.25, -0.2) is 0 Å². The van der Waals surface area contributed by atoms with Crippen LogP contribution in [0.15, 0.2) is 29.3 Å². The van der Waals surface area contributed by atoms with Crippen LogP contribution in [-0.4, -0.2) is 32.6 Å². The monoisotopic (exact) mass is 387 g/mol. The van der Waals surface area contributed by atoms with E-state index in [2.05, 4.69) is 20.9 Å². The van der Waals surface area contributed by atoms with Crippen molar-refractivity contribution in [2.24, 2.45) is 10.9 Å². The predicted octanol–water partition coefficient (Wildman–Crippen LogP) is 3.85. The number of aliphatic hydroxyl groups is 1. The highest BCUT2D eigenvalue weighted by Gasteiger charge is 2.43. The Morgan fingerprint density at radius 2 is 2.14 bits per heavy atom. The number of benzene rings is 1. The van der Waals surface area contributed by atoms with Gasteiger partial charge in [-0.3, -0.25) is 9.79 Å². The van der Waals surface area contributed by atoms with Crippen LogP contribution in [0.1, 0.15) is 31.7 Å². The second kappa shape index (κ2) is 7.11. The first-order chi connectivity index (χ1) is 10.4. The summed E-state index contributed by atoms with van der Waals surface area (Å²) in [5, 5.41) is 20.2. The molecule has 0 saturated carbocycles. The van der Waals surface area contributed by atoms with Crippen LogP contribution in [0, 0.1) is 5.92 Å². The van der Waals surface area contributed by atoms with E-state index in [-0.39, 0.29) is 16.6 Å². The number of rotatable bonds is 7. The van der Waals surface area contributed by atoms with E-state index >= 15 is 0 Å². The molecule has 0 spiro atoms. The summed E-state index contributed by atoms with van der Waals surface area (Å²) in [7, 11) is 0. The normalized spacial score (nSPS) is 23.8. The molecule has 1 aliphatic rings. The summed E-state index contributed by atoms with van der Waals surface area (Å²) in [5.41, 5.74) is -0.0290. The topological polar surface area (TPSA) is 69.9 Å². The fourth-order valence-corrected chi connectivity index (χ4v) is 3.72. The summed E-state index contributed by atoms with van der Waals surface area (Å²) in [5.74, 6) is -1.45. The molecule has 22 heavy (non-hydrogen) atoms. The molecule has 2 N–H and O–H groups in total. The number of halogens is 2. The van der Waals surface area contributed by atoms with Crippen molar-refractivity contribution < 1.29 is 15.0 Å². The zero-order valence-electron chi connectivity index (χ0n) is 12.2. The van der Waals surface area contributed by atoms with Gasteiger partial charge in [0.1, 0.15) is 5.60 Å². The van der Waals surface area contributed by atoms with E-state index in [1.807, 2.05) is 25.1 Å². The number of hydrogen-bond acceptors (Lipinski definition) is 3. The number of hydrogen-bond donors (Lipinski definition) is 2. The largest absolute Gasteiger partial charge is 0.481 e. The minimum atomic E-state index is -1.37. The lowest BCUT2D eigenvalue weighted by molar-refractivity contribution is -0.140. The molecule has 0 radical (unpaired) electrons. The van der Waals surface area contributed by atoms with Gasteiger partial charge in [0, 0.05) is 27.9 Å². The first kappa shape index (κ1) is 17.4. The fourth-order valence-electron chi connectivity index (χ4n) is 2.79. The molecule has 4 nitrogen and oxygen atoms in total. The molecular formula is C16H19BrClNO3. The van der Waals surface area contributed by atoms with Crippen LogP contribution in [0.2, 0.25) is 0 Å². The van der Waals surface area contributed by atoms with Crippen molar-refractivity contribution in [2.75, 3.05) is 0 Å². The average Bonchev–Trinajstić information content (AvgIpc) is 2.84. The number of nitrogens with zero attached hydrogens (tertiary/aromatic N) is 1. The zero-order valence-corrected chi connectivity index (χ0v) is 14.6. The minimum Gasteiger partial charge on any atom is -0.481 e. The maximum Gasteiger partial charge on any atom is 0.303 e. The number of carboxylic acids is 1. The van der Waals surface area contributed by atoms with E-state index in [1.54, 1.807) is 6.07 Å². The van der Waals surface area contributed by atoms with Crippen molar-refractivity contribution >= 4 is 45.4 Å². The smallest absolute Gasteiger partial charge is 0.303 e. The summed E-state index contributed by atoms with van der Waals surface area (Å²) < 4.78 is 0. The summed E-state index contributed by atoms with van der Waals surface area (Å²) in [6.45, 7) is 1.97. The van der Waals surface area contributed by atoms with E-state index in [4.69, 9.17) is 11.6 Å². The van der Waals surface area contributed by atoms with E-state index in [0.29, 0.717) is 17.7 Å². The third-order valence-electron chi connectivity index (χ3n) is 4.07. The zero-order chi connectivity index (χ0) is 16.3. The van der Waals surface area contributed by atoms with Crippen LogP contribution in [-0.2, 0) is 10.4 Å². The molecule has 6 heteroatoms. The van der Waals surface area contributed by atoms with Crippen molar-refractivity contribution in [2.45, 2.75) is 42.0 Å².